The van der Waals surface area contributed by atoms with Crippen LogP contribution in [0.3, 0.4) is 0 Å². The molecule has 0 unspecified atom stereocenters. The summed E-state index contributed by atoms with van der Waals surface area (Å²) in [6, 6.07) is 8.65. The number of anilines is 2. The second-order valence-electron chi connectivity index (χ2n) is 6.20. The molecule has 0 atom stereocenters. The molecule has 6 nitrogen and oxygen atoms in total. The number of rotatable bonds is 5. The van der Waals surface area contributed by atoms with Crippen LogP contribution in [0.5, 0.6) is 0 Å². The molecule has 7 heteroatoms. The maximum absolute atomic E-state index is 11.1. The number of hydrogen-bond donors (Lipinski definition) is 1. The van der Waals surface area contributed by atoms with Crippen LogP contribution in [0.25, 0.3) is 0 Å². The van der Waals surface area contributed by atoms with Gasteiger partial charge in [0.25, 0.3) is 5.69 Å². The number of halogens is 1. The lowest BCUT2D eigenvalue weighted by atomic mass is 10.2. The first-order valence-corrected chi connectivity index (χ1v) is 8.89. The lowest BCUT2D eigenvalue weighted by Gasteiger charge is -2.21. The number of nitro benzene ring substituents is 1. The summed E-state index contributed by atoms with van der Waals surface area (Å²) >= 11 is 5.83. The first-order chi connectivity index (χ1) is 12.1. The quantitative estimate of drug-likeness (QED) is 0.621. The molecule has 2 aromatic rings. The summed E-state index contributed by atoms with van der Waals surface area (Å²) in [7, 11) is 0. The van der Waals surface area contributed by atoms with Crippen molar-refractivity contribution in [2.45, 2.75) is 32.2 Å². The van der Waals surface area contributed by atoms with Gasteiger partial charge in [0.15, 0.2) is 0 Å². The maximum atomic E-state index is 11.1. The third kappa shape index (κ3) is 4.60. The monoisotopic (exact) mass is 360 g/mol. The Balaban J connectivity index is 1.65. The Morgan fingerprint density at radius 1 is 1.16 bits per heavy atom. The SMILES string of the molecule is O=[N+]([O-])c1cc(Cl)ccc1NCc1ccc(N2CCCCCC2)nc1. The number of nitrogens with one attached hydrogen (secondary N) is 1. The van der Waals surface area contributed by atoms with Gasteiger partial charge in [0.05, 0.1) is 4.92 Å². The van der Waals surface area contributed by atoms with Crippen LogP contribution in [0, 0.1) is 10.1 Å². The Hall–Kier alpha value is -2.34. The summed E-state index contributed by atoms with van der Waals surface area (Å²) in [5.41, 5.74) is 1.40. The van der Waals surface area contributed by atoms with Gasteiger partial charge in [0.2, 0.25) is 0 Å². The summed E-state index contributed by atoms with van der Waals surface area (Å²) in [6.07, 6.45) is 6.84. The minimum Gasteiger partial charge on any atom is -0.375 e. The molecule has 1 aromatic heterocycles. The summed E-state index contributed by atoms with van der Waals surface area (Å²) in [6.45, 7) is 2.58. The topological polar surface area (TPSA) is 71.3 Å². The Morgan fingerprint density at radius 2 is 1.92 bits per heavy atom. The van der Waals surface area contributed by atoms with Gasteiger partial charge in [-0.05, 0) is 36.6 Å². The molecule has 25 heavy (non-hydrogen) atoms. The molecule has 2 heterocycles. The van der Waals surface area contributed by atoms with Crippen molar-refractivity contribution in [3.05, 3.63) is 57.2 Å². The number of pyridine rings is 1. The molecule has 1 saturated heterocycles. The molecule has 0 aliphatic carbocycles. The summed E-state index contributed by atoms with van der Waals surface area (Å²) in [5, 5.41) is 14.6. The van der Waals surface area contributed by atoms with E-state index in [9.17, 15) is 10.1 Å². The predicted molar refractivity (Wildman–Crippen MR) is 100 cm³/mol. The Morgan fingerprint density at radius 3 is 2.56 bits per heavy atom. The zero-order chi connectivity index (χ0) is 17.6. The molecule has 1 N–H and O–H groups in total. The molecule has 1 fully saturated rings. The first-order valence-electron chi connectivity index (χ1n) is 8.51. The van der Waals surface area contributed by atoms with Gasteiger partial charge in [-0.3, -0.25) is 10.1 Å². The maximum Gasteiger partial charge on any atom is 0.293 e. The third-order valence-electron chi connectivity index (χ3n) is 4.38. The van der Waals surface area contributed by atoms with E-state index in [1.807, 2.05) is 18.3 Å². The molecule has 1 aliphatic heterocycles. The van der Waals surface area contributed by atoms with Crippen molar-refractivity contribution in [2.24, 2.45) is 0 Å². The van der Waals surface area contributed by atoms with Crippen LogP contribution >= 0.6 is 11.6 Å². The fourth-order valence-corrected chi connectivity index (χ4v) is 3.18. The summed E-state index contributed by atoms with van der Waals surface area (Å²) in [4.78, 5) is 17.6. The first kappa shape index (κ1) is 17.5. The fourth-order valence-electron chi connectivity index (χ4n) is 3.01. The van der Waals surface area contributed by atoms with Crippen LogP contribution in [0.15, 0.2) is 36.5 Å². The Kier molecular flexibility index (Phi) is 5.71. The third-order valence-corrected chi connectivity index (χ3v) is 4.61. The molecule has 1 aliphatic rings. The van der Waals surface area contributed by atoms with Gasteiger partial charge >= 0.3 is 0 Å². The van der Waals surface area contributed by atoms with Crippen molar-refractivity contribution in [1.29, 1.82) is 0 Å². The van der Waals surface area contributed by atoms with Crippen LogP contribution < -0.4 is 10.2 Å². The average molecular weight is 361 g/mol. The van der Waals surface area contributed by atoms with Gasteiger partial charge in [0.1, 0.15) is 11.5 Å². The molecule has 1 aromatic carbocycles. The molecule has 0 saturated carbocycles. The molecule has 0 bridgehead atoms. The highest BCUT2D eigenvalue weighted by molar-refractivity contribution is 6.30. The smallest absolute Gasteiger partial charge is 0.293 e. The van der Waals surface area contributed by atoms with Crippen molar-refractivity contribution >= 4 is 28.8 Å². The number of nitrogens with zero attached hydrogens (tertiary/aromatic N) is 3. The lowest BCUT2D eigenvalue weighted by molar-refractivity contribution is -0.383. The molecule has 3 rings (SSSR count). The number of aromatic nitrogens is 1. The van der Waals surface area contributed by atoms with Crippen molar-refractivity contribution in [3.63, 3.8) is 0 Å². The highest BCUT2D eigenvalue weighted by atomic mass is 35.5. The van der Waals surface area contributed by atoms with Crippen molar-refractivity contribution in [1.82, 2.24) is 4.98 Å². The highest BCUT2D eigenvalue weighted by Gasteiger charge is 2.14. The Labute approximate surface area is 152 Å². The van der Waals surface area contributed by atoms with Crippen LogP contribution in [0.1, 0.15) is 31.2 Å². The minimum atomic E-state index is -0.436. The zero-order valence-electron chi connectivity index (χ0n) is 13.9. The van der Waals surface area contributed by atoms with E-state index in [2.05, 4.69) is 15.2 Å². The standard InChI is InChI=1S/C18H21ClN4O2/c19-15-6-7-16(17(11-15)23(24)25)20-12-14-5-8-18(21-13-14)22-9-3-1-2-4-10-22/h5-8,11,13,20H,1-4,9-10,12H2. The van der Waals surface area contributed by atoms with Gasteiger partial charge in [-0.25, -0.2) is 4.98 Å². The van der Waals surface area contributed by atoms with E-state index in [0.29, 0.717) is 17.3 Å². The molecular weight excluding hydrogens is 340 g/mol. The highest BCUT2D eigenvalue weighted by Crippen LogP contribution is 2.28. The zero-order valence-corrected chi connectivity index (χ0v) is 14.7. The second kappa shape index (κ2) is 8.16. The van der Waals surface area contributed by atoms with Crippen LogP contribution in [0.2, 0.25) is 5.02 Å². The van der Waals surface area contributed by atoms with Gasteiger partial charge in [-0.1, -0.05) is 30.5 Å². The molecule has 132 valence electrons. The number of hydrogen-bond acceptors (Lipinski definition) is 5. The van der Waals surface area contributed by atoms with Gasteiger partial charge < -0.3 is 10.2 Å². The predicted octanol–water partition coefficient (Wildman–Crippen LogP) is 4.64. The second-order valence-corrected chi connectivity index (χ2v) is 6.63. The van der Waals surface area contributed by atoms with Crippen LogP contribution in [-0.4, -0.2) is 23.0 Å². The summed E-state index contributed by atoms with van der Waals surface area (Å²) < 4.78 is 0. The van der Waals surface area contributed by atoms with Gasteiger partial charge in [-0.15, -0.1) is 0 Å². The van der Waals surface area contributed by atoms with E-state index >= 15 is 0 Å². The normalized spacial score (nSPS) is 14.8. The average Bonchev–Trinajstić information content (AvgIpc) is 2.90. The van der Waals surface area contributed by atoms with Gasteiger partial charge in [-0.2, -0.15) is 0 Å². The largest absolute Gasteiger partial charge is 0.375 e. The van der Waals surface area contributed by atoms with Crippen molar-refractivity contribution in [2.75, 3.05) is 23.3 Å². The Bertz CT molecular complexity index is 728. The minimum absolute atomic E-state index is 0.0263. The van der Waals surface area contributed by atoms with Crippen molar-refractivity contribution in [3.8, 4) is 0 Å². The van der Waals surface area contributed by atoms with E-state index in [0.717, 1.165) is 24.5 Å². The molecule has 0 spiro atoms. The molecular formula is C18H21ClN4O2. The van der Waals surface area contributed by atoms with E-state index in [1.165, 1.54) is 31.7 Å². The van der Waals surface area contributed by atoms with Crippen molar-refractivity contribution < 1.29 is 4.92 Å². The fraction of sp³-hybridized carbons (Fsp3) is 0.389. The van der Waals surface area contributed by atoms with Gasteiger partial charge in [0, 0.05) is 36.9 Å². The van der Waals surface area contributed by atoms with Crippen LogP contribution in [0.4, 0.5) is 17.2 Å². The van der Waals surface area contributed by atoms with E-state index in [1.54, 1.807) is 12.1 Å². The molecule has 0 radical (unpaired) electrons. The van der Waals surface area contributed by atoms with E-state index in [-0.39, 0.29) is 5.69 Å². The van der Waals surface area contributed by atoms with Crippen LogP contribution in [-0.2, 0) is 6.54 Å². The van der Waals surface area contributed by atoms with E-state index in [4.69, 9.17) is 11.6 Å². The summed E-state index contributed by atoms with van der Waals surface area (Å²) in [5.74, 6) is 1.00. The number of nitro groups is 1. The molecule has 0 amide bonds. The number of benzene rings is 1. The van der Waals surface area contributed by atoms with E-state index < -0.39 is 4.92 Å². The lowest BCUT2D eigenvalue weighted by Crippen LogP contribution is -2.24.